The van der Waals surface area contributed by atoms with Crippen molar-refractivity contribution in [2.45, 2.75) is 38.5 Å². The van der Waals surface area contributed by atoms with E-state index >= 15 is 0 Å². The molecule has 0 radical (unpaired) electrons. The molecule has 2 aromatic rings. The Morgan fingerprint density at radius 2 is 1.79 bits per heavy atom. The topological polar surface area (TPSA) is 97.7 Å². The SMILES string of the molecule is COC(=O)c1cccc(CCNC(=O)CC[C@@](C#N)(c2ccc(OC)c(OC)c2)C(C)C)c1. The summed E-state index contributed by atoms with van der Waals surface area (Å²) in [5, 5.41) is 13.0. The molecule has 0 aliphatic heterocycles. The van der Waals surface area contributed by atoms with Gasteiger partial charge in [0.1, 0.15) is 0 Å². The van der Waals surface area contributed by atoms with Gasteiger partial charge in [-0.1, -0.05) is 32.0 Å². The van der Waals surface area contributed by atoms with Gasteiger partial charge in [0.25, 0.3) is 0 Å². The van der Waals surface area contributed by atoms with Gasteiger partial charge in [-0.25, -0.2) is 4.79 Å². The molecule has 2 aromatic carbocycles. The summed E-state index contributed by atoms with van der Waals surface area (Å²) in [7, 11) is 4.46. The van der Waals surface area contributed by atoms with Gasteiger partial charge < -0.3 is 19.5 Å². The molecule has 1 amide bonds. The number of benzene rings is 2. The van der Waals surface area contributed by atoms with E-state index in [9.17, 15) is 14.9 Å². The molecular formula is C26H32N2O5. The Morgan fingerprint density at radius 1 is 1.06 bits per heavy atom. The third-order valence-electron chi connectivity index (χ3n) is 5.91. The van der Waals surface area contributed by atoms with Gasteiger partial charge in [0.2, 0.25) is 5.91 Å². The Morgan fingerprint density at radius 3 is 2.39 bits per heavy atom. The number of nitrogens with zero attached hydrogens (tertiary/aromatic N) is 1. The largest absolute Gasteiger partial charge is 0.493 e. The van der Waals surface area contributed by atoms with Gasteiger partial charge in [-0.15, -0.1) is 0 Å². The van der Waals surface area contributed by atoms with Crippen molar-refractivity contribution >= 4 is 11.9 Å². The predicted octanol–water partition coefficient (Wildman–Crippen LogP) is 4.05. The molecule has 0 bridgehead atoms. The first kappa shape index (κ1) is 25.7. The van der Waals surface area contributed by atoms with E-state index in [2.05, 4.69) is 11.4 Å². The molecule has 0 saturated heterocycles. The van der Waals surface area contributed by atoms with Crippen molar-refractivity contribution < 1.29 is 23.8 Å². The smallest absolute Gasteiger partial charge is 0.337 e. The molecular weight excluding hydrogens is 420 g/mol. The zero-order chi connectivity index (χ0) is 24.4. The van der Waals surface area contributed by atoms with Gasteiger partial charge in [0.15, 0.2) is 11.5 Å². The van der Waals surface area contributed by atoms with Crippen molar-refractivity contribution in [1.29, 1.82) is 5.26 Å². The number of esters is 1. The van der Waals surface area contributed by atoms with Crippen LogP contribution < -0.4 is 14.8 Å². The van der Waals surface area contributed by atoms with Crippen LogP contribution in [0, 0.1) is 17.2 Å². The highest BCUT2D eigenvalue weighted by Crippen LogP contribution is 2.40. The summed E-state index contributed by atoms with van der Waals surface area (Å²) in [6.45, 7) is 4.39. The van der Waals surface area contributed by atoms with E-state index in [0.29, 0.717) is 36.4 Å². The van der Waals surface area contributed by atoms with Crippen molar-refractivity contribution in [3.8, 4) is 17.6 Å². The Balaban J connectivity index is 2.03. The fraction of sp³-hybridized carbons (Fsp3) is 0.423. The third-order valence-corrected chi connectivity index (χ3v) is 5.91. The summed E-state index contributed by atoms with van der Waals surface area (Å²) in [5.74, 6) is 0.603. The third kappa shape index (κ3) is 6.26. The first-order valence-electron chi connectivity index (χ1n) is 10.9. The van der Waals surface area contributed by atoms with Crippen molar-refractivity contribution in [3.63, 3.8) is 0 Å². The lowest BCUT2D eigenvalue weighted by molar-refractivity contribution is -0.121. The molecule has 1 N–H and O–H groups in total. The average molecular weight is 453 g/mol. The normalized spacial score (nSPS) is 12.4. The fourth-order valence-corrected chi connectivity index (χ4v) is 3.85. The lowest BCUT2D eigenvalue weighted by Gasteiger charge is -2.31. The lowest BCUT2D eigenvalue weighted by Crippen LogP contribution is -2.34. The van der Waals surface area contributed by atoms with Crippen LogP contribution in [0.2, 0.25) is 0 Å². The van der Waals surface area contributed by atoms with E-state index in [1.165, 1.54) is 7.11 Å². The van der Waals surface area contributed by atoms with Gasteiger partial charge in [0.05, 0.1) is 38.4 Å². The second-order valence-corrected chi connectivity index (χ2v) is 8.10. The molecule has 0 unspecified atom stereocenters. The minimum atomic E-state index is -0.842. The second-order valence-electron chi connectivity index (χ2n) is 8.10. The Labute approximate surface area is 195 Å². The number of nitriles is 1. The van der Waals surface area contributed by atoms with Gasteiger partial charge in [-0.2, -0.15) is 5.26 Å². The standard InChI is InChI=1S/C26H32N2O5/c1-18(2)26(17-27,21-9-10-22(31-3)23(16-21)32-4)13-11-24(29)28-14-12-19-7-6-8-20(15-19)25(30)33-5/h6-10,15-16,18H,11-14H2,1-5H3,(H,28,29)/t26-/m0/s1. The quantitative estimate of drug-likeness (QED) is 0.517. The summed E-state index contributed by atoms with van der Waals surface area (Å²) in [4.78, 5) is 24.2. The number of amides is 1. The van der Waals surface area contributed by atoms with E-state index < -0.39 is 11.4 Å². The van der Waals surface area contributed by atoms with Crippen LogP contribution in [-0.2, 0) is 21.4 Å². The number of carbonyl (C=O) groups excluding carboxylic acids is 2. The maximum atomic E-state index is 12.6. The van der Waals surface area contributed by atoms with E-state index in [1.807, 2.05) is 32.0 Å². The monoisotopic (exact) mass is 452 g/mol. The molecule has 0 spiro atoms. The van der Waals surface area contributed by atoms with Crippen molar-refractivity contribution in [1.82, 2.24) is 5.32 Å². The van der Waals surface area contributed by atoms with Crippen LogP contribution in [0.15, 0.2) is 42.5 Å². The van der Waals surface area contributed by atoms with Crippen molar-refractivity contribution in [2.24, 2.45) is 5.92 Å². The maximum absolute atomic E-state index is 12.6. The Kier molecular flexibility index (Phi) is 9.29. The molecule has 176 valence electrons. The van der Waals surface area contributed by atoms with Crippen LogP contribution in [0.5, 0.6) is 11.5 Å². The van der Waals surface area contributed by atoms with Crippen LogP contribution in [0.1, 0.15) is 48.2 Å². The summed E-state index contributed by atoms with van der Waals surface area (Å²) in [6, 6.07) is 15.0. The van der Waals surface area contributed by atoms with Crippen LogP contribution >= 0.6 is 0 Å². The predicted molar refractivity (Wildman–Crippen MR) is 125 cm³/mol. The van der Waals surface area contributed by atoms with E-state index in [4.69, 9.17) is 14.2 Å². The number of methoxy groups -OCH3 is 3. The molecule has 7 nitrogen and oxygen atoms in total. The highest BCUT2D eigenvalue weighted by Gasteiger charge is 2.37. The molecule has 0 saturated carbocycles. The van der Waals surface area contributed by atoms with Crippen molar-refractivity contribution in [3.05, 3.63) is 59.2 Å². The van der Waals surface area contributed by atoms with Crippen molar-refractivity contribution in [2.75, 3.05) is 27.9 Å². The molecule has 2 rings (SSSR count). The van der Waals surface area contributed by atoms with Crippen LogP contribution in [0.3, 0.4) is 0 Å². The summed E-state index contributed by atoms with van der Waals surface area (Å²) >= 11 is 0. The minimum Gasteiger partial charge on any atom is -0.493 e. The molecule has 33 heavy (non-hydrogen) atoms. The molecule has 0 fully saturated rings. The number of hydrogen-bond acceptors (Lipinski definition) is 6. The maximum Gasteiger partial charge on any atom is 0.337 e. The zero-order valence-electron chi connectivity index (χ0n) is 19.9. The fourth-order valence-electron chi connectivity index (χ4n) is 3.85. The number of ether oxygens (including phenoxy) is 3. The average Bonchev–Trinajstić information content (AvgIpc) is 2.83. The molecule has 7 heteroatoms. The molecule has 0 heterocycles. The Bertz CT molecular complexity index is 1010. The minimum absolute atomic E-state index is 0.0190. The van der Waals surface area contributed by atoms with E-state index in [0.717, 1.165) is 11.1 Å². The molecule has 1 atom stereocenters. The Hall–Kier alpha value is -3.53. The molecule has 0 aliphatic carbocycles. The molecule has 0 aromatic heterocycles. The summed E-state index contributed by atoms with van der Waals surface area (Å²) < 4.78 is 15.5. The zero-order valence-corrected chi connectivity index (χ0v) is 19.9. The molecule has 0 aliphatic rings. The first-order chi connectivity index (χ1) is 15.8. The number of carbonyl (C=O) groups is 2. The van der Waals surface area contributed by atoms with Gasteiger partial charge in [0, 0.05) is 13.0 Å². The van der Waals surface area contributed by atoms with Crippen LogP contribution in [0.4, 0.5) is 0 Å². The van der Waals surface area contributed by atoms with Crippen LogP contribution in [0.25, 0.3) is 0 Å². The second kappa shape index (κ2) is 11.9. The number of nitrogens with one attached hydrogen (secondary N) is 1. The van der Waals surface area contributed by atoms with Gasteiger partial charge in [-0.3, -0.25) is 4.79 Å². The summed E-state index contributed by atoms with van der Waals surface area (Å²) in [6.07, 6.45) is 1.17. The van der Waals surface area contributed by atoms with Gasteiger partial charge in [-0.05, 0) is 54.2 Å². The van der Waals surface area contributed by atoms with Gasteiger partial charge >= 0.3 is 5.97 Å². The number of hydrogen-bond donors (Lipinski definition) is 1. The van der Waals surface area contributed by atoms with E-state index in [1.54, 1.807) is 38.5 Å². The number of rotatable bonds is 11. The van der Waals surface area contributed by atoms with Crippen LogP contribution in [-0.4, -0.2) is 39.8 Å². The van der Waals surface area contributed by atoms with E-state index in [-0.39, 0.29) is 18.2 Å². The highest BCUT2D eigenvalue weighted by atomic mass is 16.5. The summed E-state index contributed by atoms with van der Waals surface area (Å²) in [5.41, 5.74) is 1.36. The lowest BCUT2D eigenvalue weighted by atomic mass is 9.69. The first-order valence-corrected chi connectivity index (χ1v) is 10.9. The highest BCUT2D eigenvalue weighted by molar-refractivity contribution is 5.89.